The van der Waals surface area contributed by atoms with Crippen LogP contribution >= 0.6 is 0 Å². The van der Waals surface area contributed by atoms with Crippen molar-refractivity contribution in [2.75, 3.05) is 7.11 Å². The Balaban J connectivity index is 2.16. The van der Waals surface area contributed by atoms with Gasteiger partial charge in [0.15, 0.2) is 5.82 Å². The summed E-state index contributed by atoms with van der Waals surface area (Å²) in [6, 6.07) is 7.79. The number of imidazole rings is 1. The summed E-state index contributed by atoms with van der Waals surface area (Å²) in [5, 5.41) is 4.32. The van der Waals surface area contributed by atoms with Gasteiger partial charge in [-0.05, 0) is 25.1 Å². The number of aromatic nitrogens is 4. The van der Waals surface area contributed by atoms with E-state index in [-0.39, 0.29) is 0 Å². The number of ether oxygens (including phenoxy) is 1. The molecule has 0 spiro atoms. The molecule has 0 radical (unpaired) electrons. The molecule has 0 aliphatic heterocycles. The van der Waals surface area contributed by atoms with Crippen molar-refractivity contribution in [3.05, 3.63) is 30.0 Å². The molecule has 0 bridgehead atoms. The molecule has 92 valence electrons. The van der Waals surface area contributed by atoms with Crippen molar-refractivity contribution in [1.82, 2.24) is 19.7 Å². The van der Waals surface area contributed by atoms with Crippen LogP contribution in [0.5, 0.6) is 5.75 Å². The normalized spacial score (nSPS) is 11.1. The molecule has 0 fully saturated rings. The summed E-state index contributed by atoms with van der Waals surface area (Å²) < 4.78 is 7.02. The standard InChI is InChI=1S/C13H14N4O/c1-8-6-12(17(2)16-8)13-14-10-5-4-9(18-3)7-11(10)15-13/h4-7H,1-3H3,(H,14,15). The van der Waals surface area contributed by atoms with Crippen LogP contribution < -0.4 is 4.74 Å². The summed E-state index contributed by atoms with van der Waals surface area (Å²) in [6.45, 7) is 1.97. The van der Waals surface area contributed by atoms with Crippen LogP contribution in [0.3, 0.4) is 0 Å². The predicted molar refractivity (Wildman–Crippen MR) is 69.6 cm³/mol. The fourth-order valence-corrected chi connectivity index (χ4v) is 2.07. The number of hydrogen-bond donors (Lipinski definition) is 1. The number of nitrogens with one attached hydrogen (secondary N) is 1. The smallest absolute Gasteiger partial charge is 0.156 e. The summed E-state index contributed by atoms with van der Waals surface area (Å²) in [5.41, 5.74) is 3.83. The third-order valence-corrected chi connectivity index (χ3v) is 2.93. The maximum Gasteiger partial charge on any atom is 0.156 e. The monoisotopic (exact) mass is 242 g/mol. The highest BCUT2D eigenvalue weighted by Crippen LogP contribution is 2.23. The number of H-pyrrole nitrogens is 1. The van der Waals surface area contributed by atoms with Crippen molar-refractivity contribution in [3.63, 3.8) is 0 Å². The van der Waals surface area contributed by atoms with Gasteiger partial charge >= 0.3 is 0 Å². The van der Waals surface area contributed by atoms with E-state index in [0.29, 0.717) is 0 Å². The Labute approximate surface area is 104 Å². The van der Waals surface area contributed by atoms with Crippen LogP contribution in [0.15, 0.2) is 24.3 Å². The fraction of sp³-hybridized carbons (Fsp3) is 0.231. The maximum atomic E-state index is 5.20. The van der Waals surface area contributed by atoms with Gasteiger partial charge in [-0.2, -0.15) is 5.10 Å². The van der Waals surface area contributed by atoms with Gasteiger partial charge in [-0.1, -0.05) is 0 Å². The highest BCUT2D eigenvalue weighted by atomic mass is 16.5. The minimum atomic E-state index is 0.818. The summed E-state index contributed by atoms with van der Waals surface area (Å²) in [5.74, 6) is 1.64. The van der Waals surface area contributed by atoms with E-state index in [0.717, 1.165) is 34.0 Å². The van der Waals surface area contributed by atoms with Gasteiger partial charge in [0.2, 0.25) is 0 Å². The number of methoxy groups -OCH3 is 1. The molecular formula is C13H14N4O. The fourth-order valence-electron chi connectivity index (χ4n) is 2.07. The van der Waals surface area contributed by atoms with Crippen molar-refractivity contribution in [2.45, 2.75) is 6.92 Å². The molecule has 18 heavy (non-hydrogen) atoms. The molecule has 2 aromatic heterocycles. The van der Waals surface area contributed by atoms with Gasteiger partial charge in [0, 0.05) is 13.1 Å². The van der Waals surface area contributed by atoms with Crippen LogP contribution in [0.25, 0.3) is 22.6 Å². The van der Waals surface area contributed by atoms with Gasteiger partial charge in [-0.25, -0.2) is 4.98 Å². The molecular weight excluding hydrogens is 228 g/mol. The lowest BCUT2D eigenvalue weighted by Gasteiger charge is -1.96. The first kappa shape index (κ1) is 10.8. The predicted octanol–water partition coefficient (Wildman–Crippen LogP) is 2.28. The average Bonchev–Trinajstić information content (AvgIpc) is 2.90. The molecule has 3 aromatic rings. The topological polar surface area (TPSA) is 55.7 Å². The zero-order valence-electron chi connectivity index (χ0n) is 10.6. The second-order valence-corrected chi connectivity index (χ2v) is 4.26. The summed E-state index contributed by atoms with van der Waals surface area (Å²) >= 11 is 0. The Bertz CT molecular complexity index is 711. The van der Waals surface area contributed by atoms with E-state index in [1.54, 1.807) is 7.11 Å². The van der Waals surface area contributed by atoms with E-state index in [9.17, 15) is 0 Å². The highest BCUT2D eigenvalue weighted by molar-refractivity contribution is 5.80. The number of nitrogens with zero attached hydrogens (tertiary/aromatic N) is 3. The van der Waals surface area contributed by atoms with E-state index >= 15 is 0 Å². The van der Waals surface area contributed by atoms with Crippen molar-refractivity contribution in [3.8, 4) is 17.3 Å². The van der Waals surface area contributed by atoms with E-state index in [2.05, 4.69) is 15.1 Å². The molecule has 0 atom stereocenters. The van der Waals surface area contributed by atoms with Crippen LogP contribution in [0.2, 0.25) is 0 Å². The average molecular weight is 242 g/mol. The quantitative estimate of drug-likeness (QED) is 0.750. The molecule has 0 saturated heterocycles. The molecule has 0 unspecified atom stereocenters. The molecule has 0 saturated carbocycles. The zero-order valence-corrected chi connectivity index (χ0v) is 10.6. The molecule has 5 heteroatoms. The minimum Gasteiger partial charge on any atom is -0.497 e. The highest BCUT2D eigenvalue weighted by Gasteiger charge is 2.10. The van der Waals surface area contributed by atoms with E-state index in [4.69, 9.17) is 4.74 Å². The Kier molecular flexibility index (Phi) is 2.33. The summed E-state index contributed by atoms with van der Waals surface area (Å²) in [6.07, 6.45) is 0. The SMILES string of the molecule is COc1ccc2nc(-c3cc(C)nn3C)[nH]c2c1. The van der Waals surface area contributed by atoms with Gasteiger partial charge in [0.05, 0.1) is 23.8 Å². The first-order valence-electron chi connectivity index (χ1n) is 5.72. The van der Waals surface area contributed by atoms with Crippen LogP contribution in [-0.2, 0) is 7.05 Å². The molecule has 1 aromatic carbocycles. The van der Waals surface area contributed by atoms with Crippen LogP contribution in [0.1, 0.15) is 5.69 Å². The van der Waals surface area contributed by atoms with Crippen molar-refractivity contribution in [1.29, 1.82) is 0 Å². The van der Waals surface area contributed by atoms with E-state index in [1.807, 2.05) is 42.9 Å². The third kappa shape index (κ3) is 1.64. The first-order valence-corrected chi connectivity index (χ1v) is 5.72. The minimum absolute atomic E-state index is 0.818. The van der Waals surface area contributed by atoms with E-state index < -0.39 is 0 Å². The number of aromatic amines is 1. The second kappa shape index (κ2) is 3.87. The molecule has 5 nitrogen and oxygen atoms in total. The van der Waals surface area contributed by atoms with Crippen molar-refractivity contribution in [2.24, 2.45) is 7.05 Å². The number of aryl methyl sites for hydroxylation is 2. The lowest BCUT2D eigenvalue weighted by atomic mass is 10.3. The largest absolute Gasteiger partial charge is 0.497 e. The molecule has 3 rings (SSSR count). The number of fused-ring (bicyclic) bond motifs is 1. The Morgan fingerprint density at radius 3 is 2.78 bits per heavy atom. The third-order valence-electron chi connectivity index (χ3n) is 2.93. The van der Waals surface area contributed by atoms with Crippen molar-refractivity contribution < 1.29 is 4.74 Å². The van der Waals surface area contributed by atoms with Crippen molar-refractivity contribution >= 4 is 11.0 Å². The molecule has 2 heterocycles. The first-order chi connectivity index (χ1) is 8.67. The van der Waals surface area contributed by atoms with Crippen LogP contribution in [0, 0.1) is 6.92 Å². The van der Waals surface area contributed by atoms with Gasteiger partial charge in [0.25, 0.3) is 0 Å². The Morgan fingerprint density at radius 1 is 1.28 bits per heavy atom. The lowest BCUT2D eigenvalue weighted by Crippen LogP contribution is -1.94. The van der Waals surface area contributed by atoms with Gasteiger partial charge in [0.1, 0.15) is 11.4 Å². The number of benzene rings is 1. The molecule has 0 amide bonds. The van der Waals surface area contributed by atoms with Crippen LogP contribution in [0.4, 0.5) is 0 Å². The maximum absolute atomic E-state index is 5.20. The molecule has 1 N–H and O–H groups in total. The second-order valence-electron chi connectivity index (χ2n) is 4.26. The Hall–Kier alpha value is -2.30. The Morgan fingerprint density at radius 2 is 2.11 bits per heavy atom. The van der Waals surface area contributed by atoms with Gasteiger partial charge in [-0.15, -0.1) is 0 Å². The van der Waals surface area contributed by atoms with E-state index in [1.165, 1.54) is 0 Å². The number of rotatable bonds is 2. The summed E-state index contributed by atoms with van der Waals surface area (Å²) in [4.78, 5) is 7.85. The zero-order chi connectivity index (χ0) is 12.7. The number of hydrogen-bond acceptors (Lipinski definition) is 3. The molecule has 0 aliphatic carbocycles. The molecule has 0 aliphatic rings. The van der Waals surface area contributed by atoms with Crippen LogP contribution in [-0.4, -0.2) is 26.9 Å². The lowest BCUT2D eigenvalue weighted by molar-refractivity contribution is 0.415. The van der Waals surface area contributed by atoms with Gasteiger partial charge < -0.3 is 9.72 Å². The summed E-state index contributed by atoms with van der Waals surface area (Å²) in [7, 11) is 3.57. The van der Waals surface area contributed by atoms with Gasteiger partial charge in [-0.3, -0.25) is 4.68 Å².